The van der Waals surface area contributed by atoms with Gasteiger partial charge in [0.15, 0.2) is 17.5 Å². The SMILES string of the molecule is c1ccc(-c2nc(-c3ccc4sc(-c5ccc6c7ccccc7c7ccccc7c6c5)nc4c3)nc(-c3cccc4c3c3ccccc3n4-c3ccccc3)n2)cc1. The molecule has 0 aliphatic carbocycles. The maximum absolute atomic E-state index is 5.24. The third kappa shape index (κ3) is 5.16. The van der Waals surface area contributed by atoms with E-state index >= 15 is 0 Å². The molecule has 6 heteroatoms. The Morgan fingerprint density at radius 2 is 0.931 bits per heavy atom. The molecule has 12 rings (SSSR count). The number of thiazole rings is 1. The van der Waals surface area contributed by atoms with Gasteiger partial charge in [0, 0.05) is 38.7 Å². The molecule has 270 valence electrons. The van der Waals surface area contributed by atoms with Gasteiger partial charge in [0.05, 0.1) is 21.3 Å². The Bertz CT molecular complexity index is 3540. The van der Waals surface area contributed by atoms with Crippen LogP contribution in [0.25, 0.3) is 115 Å². The monoisotopic (exact) mass is 757 g/mol. The molecule has 0 spiro atoms. The Hall–Kier alpha value is -7.54. The third-order valence-electron chi connectivity index (χ3n) is 11.3. The molecule has 0 unspecified atom stereocenters. The van der Waals surface area contributed by atoms with Crippen molar-refractivity contribution in [3.8, 4) is 50.4 Å². The summed E-state index contributed by atoms with van der Waals surface area (Å²) in [6.45, 7) is 0. The summed E-state index contributed by atoms with van der Waals surface area (Å²) >= 11 is 1.71. The van der Waals surface area contributed by atoms with Crippen molar-refractivity contribution < 1.29 is 0 Å². The lowest BCUT2D eigenvalue weighted by molar-refractivity contribution is 1.08. The Morgan fingerprint density at radius 3 is 1.67 bits per heavy atom. The summed E-state index contributed by atoms with van der Waals surface area (Å²) in [6.07, 6.45) is 0. The first kappa shape index (κ1) is 32.7. The molecule has 58 heavy (non-hydrogen) atoms. The first-order valence-electron chi connectivity index (χ1n) is 19.4. The predicted molar refractivity (Wildman–Crippen MR) is 242 cm³/mol. The number of aromatic nitrogens is 5. The molecule has 0 atom stereocenters. The molecule has 0 fully saturated rings. The maximum atomic E-state index is 5.24. The summed E-state index contributed by atoms with van der Waals surface area (Å²) in [4.78, 5) is 20.7. The van der Waals surface area contributed by atoms with Gasteiger partial charge in [-0.1, -0.05) is 140 Å². The van der Waals surface area contributed by atoms with Crippen molar-refractivity contribution >= 4 is 75.7 Å². The Kier molecular flexibility index (Phi) is 7.33. The number of benzene rings is 9. The predicted octanol–water partition coefficient (Wildman–Crippen LogP) is 13.7. The van der Waals surface area contributed by atoms with E-state index in [4.69, 9.17) is 19.9 Å². The van der Waals surface area contributed by atoms with E-state index in [9.17, 15) is 0 Å². The standard InChI is InChI=1S/C52H31N5S/c1-3-14-32(15-4-1)49-54-50(56-51(55-49)42-23-13-25-46-48(42)41-22-11-12-24-45(41)57(46)35-16-5-2-6-17-35)33-27-29-47-44(31-33)53-52(58-47)34-26-28-40-38-20-8-7-18-36(38)37-19-9-10-21-39(37)43(40)30-34/h1-31H. The van der Waals surface area contributed by atoms with E-state index in [0.29, 0.717) is 17.5 Å². The number of para-hydroxylation sites is 2. The molecule has 12 aromatic rings. The molecule has 9 aromatic carbocycles. The van der Waals surface area contributed by atoms with Gasteiger partial charge in [-0.25, -0.2) is 19.9 Å². The van der Waals surface area contributed by atoms with Crippen LogP contribution in [-0.4, -0.2) is 24.5 Å². The number of rotatable bonds is 5. The van der Waals surface area contributed by atoms with Crippen LogP contribution in [0, 0.1) is 0 Å². The molecule has 3 aromatic heterocycles. The van der Waals surface area contributed by atoms with Crippen LogP contribution in [0.3, 0.4) is 0 Å². The Labute approximate surface area is 337 Å². The minimum Gasteiger partial charge on any atom is -0.309 e. The third-order valence-corrected chi connectivity index (χ3v) is 12.3. The Morgan fingerprint density at radius 1 is 0.362 bits per heavy atom. The fraction of sp³-hybridized carbons (Fsp3) is 0. The van der Waals surface area contributed by atoms with Gasteiger partial charge in [-0.05, 0) is 80.8 Å². The number of fused-ring (bicyclic) bond motifs is 10. The van der Waals surface area contributed by atoms with Gasteiger partial charge in [0.2, 0.25) is 0 Å². The van der Waals surface area contributed by atoms with Gasteiger partial charge in [0.1, 0.15) is 5.01 Å². The minimum atomic E-state index is 0.605. The molecule has 3 heterocycles. The molecule has 0 saturated heterocycles. The topological polar surface area (TPSA) is 56.5 Å². The van der Waals surface area contributed by atoms with Crippen LogP contribution in [0.1, 0.15) is 0 Å². The van der Waals surface area contributed by atoms with Crippen LogP contribution in [0.2, 0.25) is 0 Å². The van der Waals surface area contributed by atoms with E-state index < -0.39 is 0 Å². The number of hydrogen-bond acceptors (Lipinski definition) is 5. The first-order chi connectivity index (χ1) is 28.7. The molecule has 0 saturated carbocycles. The maximum Gasteiger partial charge on any atom is 0.164 e. The van der Waals surface area contributed by atoms with E-state index in [0.717, 1.165) is 65.0 Å². The molecule has 5 nitrogen and oxygen atoms in total. The molecule has 0 radical (unpaired) electrons. The van der Waals surface area contributed by atoms with Crippen LogP contribution in [0.4, 0.5) is 0 Å². The van der Waals surface area contributed by atoms with Crippen LogP contribution < -0.4 is 0 Å². The van der Waals surface area contributed by atoms with Crippen molar-refractivity contribution in [3.05, 3.63) is 188 Å². The zero-order chi connectivity index (χ0) is 38.2. The van der Waals surface area contributed by atoms with Crippen LogP contribution in [0.5, 0.6) is 0 Å². The highest BCUT2D eigenvalue weighted by Crippen LogP contribution is 2.41. The van der Waals surface area contributed by atoms with E-state index in [1.807, 2.05) is 18.2 Å². The molecule has 0 aliphatic heterocycles. The largest absolute Gasteiger partial charge is 0.309 e. The van der Waals surface area contributed by atoms with Crippen molar-refractivity contribution in [1.29, 1.82) is 0 Å². The van der Waals surface area contributed by atoms with E-state index in [2.05, 4.69) is 174 Å². The van der Waals surface area contributed by atoms with Crippen molar-refractivity contribution in [2.45, 2.75) is 0 Å². The normalized spacial score (nSPS) is 11.8. The summed E-state index contributed by atoms with van der Waals surface area (Å²) in [7, 11) is 0. The quantitative estimate of drug-likeness (QED) is 0.164. The molecule has 0 amide bonds. The molecular formula is C52H31N5S. The zero-order valence-corrected chi connectivity index (χ0v) is 31.9. The second-order valence-electron chi connectivity index (χ2n) is 14.6. The average molecular weight is 758 g/mol. The number of nitrogens with zero attached hydrogens (tertiary/aromatic N) is 5. The van der Waals surface area contributed by atoms with Crippen molar-refractivity contribution in [3.63, 3.8) is 0 Å². The summed E-state index contributed by atoms with van der Waals surface area (Å²) in [5.74, 6) is 1.85. The minimum absolute atomic E-state index is 0.605. The van der Waals surface area contributed by atoms with E-state index in [1.165, 1.54) is 32.3 Å². The van der Waals surface area contributed by atoms with E-state index in [1.54, 1.807) is 11.3 Å². The smallest absolute Gasteiger partial charge is 0.164 e. The van der Waals surface area contributed by atoms with Crippen LogP contribution in [0.15, 0.2) is 188 Å². The highest BCUT2D eigenvalue weighted by molar-refractivity contribution is 7.21. The lowest BCUT2D eigenvalue weighted by Gasteiger charge is -2.11. The van der Waals surface area contributed by atoms with Crippen molar-refractivity contribution in [2.75, 3.05) is 0 Å². The Balaban J connectivity index is 1.02. The van der Waals surface area contributed by atoms with Crippen molar-refractivity contribution in [1.82, 2.24) is 24.5 Å². The van der Waals surface area contributed by atoms with Crippen LogP contribution in [-0.2, 0) is 0 Å². The van der Waals surface area contributed by atoms with Gasteiger partial charge in [-0.2, -0.15) is 0 Å². The molecule has 0 aliphatic rings. The molecule has 0 N–H and O–H groups in total. The zero-order valence-electron chi connectivity index (χ0n) is 31.0. The van der Waals surface area contributed by atoms with Gasteiger partial charge in [0.25, 0.3) is 0 Å². The second-order valence-corrected chi connectivity index (χ2v) is 15.6. The summed E-state index contributed by atoms with van der Waals surface area (Å²) in [5.41, 5.74) is 8.13. The number of hydrogen-bond donors (Lipinski definition) is 0. The lowest BCUT2D eigenvalue weighted by atomic mass is 9.93. The summed E-state index contributed by atoms with van der Waals surface area (Å²) in [6, 6.07) is 66.2. The van der Waals surface area contributed by atoms with Crippen LogP contribution >= 0.6 is 11.3 Å². The average Bonchev–Trinajstić information content (AvgIpc) is 3.89. The van der Waals surface area contributed by atoms with Gasteiger partial charge in [-0.3, -0.25) is 0 Å². The summed E-state index contributed by atoms with van der Waals surface area (Å²) in [5, 5.41) is 10.8. The van der Waals surface area contributed by atoms with E-state index in [-0.39, 0.29) is 0 Å². The molecular weight excluding hydrogens is 727 g/mol. The first-order valence-corrected chi connectivity index (χ1v) is 20.2. The highest BCUT2D eigenvalue weighted by Gasteiger charge is 2.20. The second kappa shape index (κ2) is 13.0. The van der Waals surface area contributed by atoms with Gasteiger partial charge in [-0.15, -0.1) is 11.3 Å². The molecule has 0 bridgehead atoms. The lowest BCUT2D eigenvalue weighted by Crippen LogP contribution is -2.00. The van der Waals surface area contributed by atoms with Gasteiger partial charge < -0.3 is 4.57 Å². The van der Waals surface area contributed by atoms with Crippen molar-refractivity contribution in [2.24, 2.45) is 0 Å². The van der Waals surface area contributed by atoms with Gasteiger partial charge >= 0.3 is 0 Å². The summed E-state index contributed by atoms with van der Waals surface area (Å²) < 4.78 is 3.43. The highest BCUT2D eigenvalue weighted by atomic mass is 32.1. The fourth-order valence-electron chi connectivity index (χ4n) is 8.63. The fourth-order valence-corrected chi connectivity index (χ4v) is 9.58.